The van der Waals surface area contributed by atoms with Crippen molar-refractivity contribution in [2.24, 2.45) is 0 Å². The van der Waals surface area contributed by atoms with Gasteiger partial charge in [-0.05, 0) is 19.1 Å². The molecule has 0 radical (unpaired) electrons. The third-order valence-corrected chi connectivity index (χ3v) is 4.81. The zero-order valence-electron chi connectivity index (χ0n) is 15.8. The van der Waals surface area contributed by atoms with Gasteiger partial charge in [0.25, 0.3) is 0 Å². The predicted molar refractivity (Wildman–Crippen MR) is 100 cm³/mol. The molecular weight excluding hydrogens is 376 g/mol. The molecule has 29 heavy (non-hydrogen) atoms. The topological polar surface area (TPSA) is 126 Å². The second-order valence-corrected chi connectivity index (χ2v) is 6.67. The van der Waals surface area contributed by atoms with Crippen molar-refractivity contribution in [2.75, 3.05) is 26.4 Å². The Kier molecular flexibility index (Phi) is 6.04. The lowest BCUT2D eigenvalue weighted by atomic mass is 9.86. The number of aromatic hydroxyl groups is 1. The molecule has 9 heteroatoms. The minimum atomic E-state index is -1.51. The second-order valence-electron chi connectivity index (χ2n) is 6.67. The molecule has 1 saturated heterocycles. The molecule has 2 aromatic rings. The minimum Gasteiger partial charge on any atom is -0.507 e. The van der Waals surface area contributed by atoms with Gasteiger partial charge in [0.1, 0.15) is 18.1 Å². The van der Waals surface area contributed by atoms with E-state index in [1.165, 1.54) is 36.5 Å². The van der Waals surface area contributed by atoms with E-state index >= 15 is 0 Å². The van der Waals surface area contributed by atoms with Gasteiger partial charge in [-0.2, -0.15) is 5.26 Å². The number of nitriles is 1. The summed E-state index contributed by atoms with van der Waals surface area (Å²) in [6.07, 6.45) is 4.81. The van der Waals surface area contributed by atoms with Gasteiger partial charge in [-0.15, -0.1) is 0 Å². The van der Waals surface area contributed by atoms with Crippen molar-refractivity contribution in [3.05, 3.63) is 48.0 Å². The predicted octanol–water partition coefficient (Wildman–Crippen LogP) is 1.08. The average Bonchev–Trinajstić information content (AvgIpc) is 2.77. The Hall–Kier alpha value is -3.51. The first-order valence-corrected chi connectivity index (χ1v) is 8.97. The number of amides is 1. The lowest BCUT2D eigenvalue weighted by Crippen LogP contribution is -2.56. The number of morpholine rings is 1. The lowest BCUT2D eigenvalue weighted by molar-refractivity contribution is -0.145. The van der Waals surface area contributed by atoms with Crippen LogP contribution in [0.3, 0.4) is 0 Å². The summed E-state index contributed by atoms with van der Waals surface area (Å²) in [5.74, 6) is -0.413. The molecule has 2 heterocycles. The number of phenols is 1. The van der Waals surface area contributed by atoms with Crippen molar-refractivity contribution >= 4 is 12.2 Å². The molecule has 1 unspecified atom stereocenters. The van der Waals surface area contributed by atoms with Crippen LogP contribution in [0.25, 0.3) is 0 Å². The first-order chi connectivity index (χ1) is 14.0. The number of hydrogen-bond acceptors (Lipinski definition) is 8. The molecule has 2 atom stereocenters. The zero-order chi connectivity index (χ0) is 20.9. The van der Waals surface area contributed by atoms with Gasteiger partial charge in [-0.1, -0.05) is 6.07 Å². The van der Waals surface area contributed by atoms with Gasteiger partial charge in [-0.3, -0.25) is 19.6 Å². The van der Waals surface area contributed by atoms with E-state index in [0.29, 0.717) is 12.9 Å². The molecule has 1 aromatic carbocycles. The second kappa shape index (κ2) is 8.67. The van der Waals surface area contributed by atoms with Crippen LogP contribution < -0.4 is 4.74 Å². The summed E-state index contributed by atoms with van der Waals surface area (Å²) >= 11 is 0. The van der Waals surface area contributed by atoms with E-state index in [9.17, 15) is 20.0 Å². The van der Waals surface area contributed by atoms with E-state index in [1.54, 1.807) is 12.1 Å². The number of carbonyl (C=O) groups excluding carboxylic acids is 2. The van der Waals surface area contributed by atoms with Crippen molar-refractivity contribution < 1.29 is 24.2 Å². The van der Waals surface area contributed by atoms with Crippen molar-refractivity contribution in [1.29, 1.82) is 5.26 Å². The molecule has 0 spiro atoms. The van der Waals surface area contributed by atoms with E-state index in [0.717, 1.165) is 0 Å². The molecule has 0 bridgehead atoms. The van der Waals surface area contributed by atoms with Crippen molar-refractivity contribution in [1.82, 2.24) is 14.9 Å². The smallest absolute Gasteiger partial charge is 0.249 e. The van der Waals surface area contributed by atoms with Gasteiger partial charge >= 0.3 is 0 Å². The van der Waals surface area contributed by atoms with Crippen LogP contribution in [-0.2, 0) is 14.9 Å². The van der Waals surface area contributed by atoms with Gasteiger partial charge in [0.15, 0.2) is 11.7 Å². The van der Waals surface area contributed by atoms with E-state index < -0.39 is 17.4 Å². The molecule has 0 saturated carbocycles. The maximum absolute atomic E-state index is 13.3. The Bertz CT molecular complexity index is 930. The minimum absolute atomic E-state index is 0.0258. The van der Waals surface area contributed by atoms with E-state index in [4.69, 9.17) is 9.47 Å². The third kappa shape index (κ3) is 4.02. The van der Waals surface area contributed by atoms with Crippen molar-refractivity contribution in [3.63, 3.8) is 0 Å². The number of carbonyl (C=O) groups is 2. The fourth-order valence-electron chi connectivity index (χ4n) is 3.08. The van der Waals surface area contributed by atoms with Crippen molar-refractivity contribution in [3.8, 4) is 17.6 Å². The number of aldehydes is 1. The summed E-state index contributed by atoms with van der Waals surface area (Å²) in [6, 6.07) is 6.07. The number of phenolic OH excluding ortho intramolecular Hbond substituents is 1. The summed E-state index contributed by atoms with van der Waals surface area (Å²) in [4.78, 5) is 34.1. The Labute approximate surface area is 167 Å². The highest BCUT2D eigenvalue weighted by Crippen LogP contribution is 2.28. The summed E-state index contributed by atoms with van der Waals surface area (Å²) in [7, 11) is 0. The molecule has 1 N–H and O–H groups in total. The van der Waals surface area contributed by atoms with Gasteiger partial charge in [0, 0.05) is 18.9 Å². The van der Waals surface area contributed by atoms with Gasteiger partial charge in [-0.25, -0.2) is 0 Å². The Morgan fingerprint density at radius 2 is 2.34 bits per heavy atom. The monoisotopic (exact) mass is 396 g/mol. The number of aromatic nitrogens is 2. The largest absolute Gasteiger partial charge is 0.507 e. The van der Waals surface area contributed by atoms with Crippen LogP contribution in [-0.4, -0.2) is 64.6 Å². The highest BCUT2D eigenvalue weighted by molar-refractivity contribution is 5.90. The van der Waals surface area contributed by atoms with Crippen LogP contribution in [0.2, 0.25) is 0 Å². The van der Waals surface area contributed by atoms with Gasteiger partial charge in [0.05, 0.1) is 42.8 Å². The number of rotatable bonds is 6. The van der Waals surface area contributed by atoms with Crippen LogP contribution in [0, 0.1) is 11.3 Å². The number of hydrogen-bond donors (Lipinski definition) is 1. The quantitative estimate of drug-likeness (QED) is 0.719. The van der Waals surface area contributed by atoms with Gasteiger partial charge in [0.2, 0.25) is 5.91 Å². The molecule has 1 aliphatic heterocycles. The molecule has 1 aliphatic rings. The van der Waals surface area contributed by atoms with Crippen LogP contribution in [0.1, 0.15) is 23.0 Å². The van der Waals surface area contributed by atoms with E-state index in [2.05, 4.69) is 16.0 Å². The summed E-state index contributed by atoms with van der Waals surface area (Å²) < 4.78 is 11.2. The normalized spacial score (nSPS) is 18.3. The first kappa shape index (κ1) is 20.2. The summed E-state index contributed by atoms with van der Waals surface area (Å²) in [5, 5.41) is 19.5. The van der Waals surface area contributed by atoms with Crippen LogP contribution in [0.15, 0.2) is 36.8 Å². The molecule has 9 nitrogen and oxygen atoms in total. The Morgan fingerprint density at radius 3 is 3.03 bits per heavy atom. The molecule has 3 rings (SSSR count). The molecule has 1 aromatic heterocycles. The maximum atomic E-state index is 13.3. The van der Waals surface area contributed by atoms with Gasteiger partial charge < -0.3 is 19.5 Å². The standard InChI is InChI=1S/C20H20N4O5/c1-20(13-21,18-9-22-5-6-23-18)19(27)24-7-8-28-11-14(24)12-29-17-4-2-3-16(26)15(17)10-25/h2-6,9-10,14,26H,7-8,11-12H2,1H3/t14-,20?/m0/s1. The third-order valence-electron chi connectivity index (χ3n) is 4.81. The molecule has 1 amide bonds. The van der Waals surface area contributed by atoms with Crippen LogP contribution in [0.5, 0.6) is 11.5 Å². The SMILES string of the molecule is CC(C#N)(C(=O)N1CCOC[C@H]1COc1cccc(O)c1C=O)c1cnccn1. The molecule has 0 aliphatic carbocycles. The number of ether oxygens (including phenoxy) is 2. The highest BCUT2D eigenvalue weighted by Gasteiger charge is 2.43. The van der Waals surface area contributed by atoms with E-state index in [-0.39, 0.29) is 42.5 Å². The Morgan fingerprint density at radius 1 is 1.52 bits per heavy atom. The fraction of sp³-hybridized carbons (Fsp3) is 0.350. The first-order valence-electron chi connectivity index (χ1n) is 8.97. The average molecular weight is 396 g/mol. The highest BCUT2D eigenvalue weighted by atomic mass is 16.5. The van der Waals surface area contributed by atoms with Crippen LogP contribution >= 0.6 is 0 Å². The van der Waals surface area contributed by atoms with Crippen molar-refractivity contribution in [2.45, 2.75) is 18.4 Å². The fourth-order valence-corrected chi connectivity index (χ4v) is 3.08. The van der Waals surface area contributed by atoms with E-state index in [1.807, 2.05) is 0 Å². The Balaban J connectivity index is 1.81. The molecule has 1 fully saturated rings. The summed E-state index contributed by atoms with van der Waals surface area (Å²) in [5.41, 5.74) is -1.22. The van der Waals surface area contributed by atoms with Crippen LogP contribution in [0.4, 0.5) is 0 Å². The maximum Gasteiger partial charge on any atom is 0.249 e. The zero-order valence-corrected chi connectivity index (χ0v) is 15.8. The summed E-state index contributed by atoms with van der Waals surface area (Å²) in [6.45, 7) is 2.36. The lowest BCUT2D eigenvalue weighted by Gasteiger charge is -2.38. The molecular formula is C20H20N4O5. The number of benzene rings is 1. The molecule has 150 valence electrons. The number of nitrogens with zero attached hydrogens (tertiary/aromatic N) is 4.